The predicted molar refractivity (Wildman–Crippen MR) is 48.8 cm³/mol. The van der Waals surface area contributed by atoms with Gasteiger partial charge in [0.2, 0.25) is 0 Å². The molecule has 0 spiro atoms. The van der Waals surface area contributed by atoms with Gasteiger partial charge >= 0.3 is 6.09 Å². The highest BCUT2D eigenvalue weighted by Gasteiger charge is 2.20. The first-order chi connectivity index (χ1) is 6.22. The van der Waals surface area contributed by atoms with Crippen LogP contribution in [0.3, 0.4) is 0 Å². The molecule has 0 radical (unpaired) electrons. The van der Waals surface area contributed by atoms with Crippen LogP contribution in [-0.4, -0.2) is 31.0 Å². The molecule has 0 atom stereocenters. The van der Waals surface area contributed by atoms with Crippen LogP contribution in [0.2, 0.25) is 0 Å². The smallest absolute Gasteiger partial charge is 0.404 e. The summed E-state index contributed by atoms with van der Waals surface area (Å²) in [5, 5.41) is 10.8. The van der Waals surface area contributed by atoms with Crippen molar-refractivity contribution in [3.63, 3.8) is 0 Å². The fourth-order valence-corrected chi connectivity index (χ4v) is 1.80. The normalized spacial score (nSPS) is 28.4. The van der Waals surface area contributed by atoms with Crippen LogP contribution in [0.4, 0.5) is 4.79 Å². The zero-order chi connectivity index (χ0) is 9.68. The minimum absolute atomic E-state index is 0.390. The van der Waals surface area contributed by atoms with E-state index in [-0.39, 0.29) is 0 Å². The molecule has 0 aromatic carbocycles. The Morgan fingerprint density at radius 1 is 1.46 bits per heavy atom. The van der Waals surface area contributed by atoms with Gasteiger partial charge in [-0.15, -0.1) is 0 Å². The van der Waals surface area contributed by atoms with E-state index in [4.69, 9.17) is 9.84 Å². The van der Waals surface area contributed by atoms with Crippen LogP contribution in [-0.2, 0) is 4.74 Å². The van der Waals surface area contributed by atoms with Gasteiger partial charge in [0.05, 0.1) is 6.10 Å². The van der Waals surface area contributed by atoms with Crippen molar-refractivity contribution in [3.05, 3.63) is 0 Å². The topological polar surface area (TPSA) is 58.6 Å². The fraction of sp³-hybridized carbons (Fsp3) is 0.889. The number of hydrogen-bond acceptors (Lipinski definition) is 2. The molecule has 76 valence electrons. The second-order valence-corrected chi connectivity index (χ2v) is 3.56. The monoisotopic (exact) mass is 187 g/mol. The fourth-order valence-electron chi connectivity index (χ4n) is 1.80. The van der Waals surface area contributed by atoms with E-state index in [0.717, 1.165) is 25.7 Å². The Bertz CT molecular complexity index is 164. The molecule has 0 aliphatic heterocycles. The van der Waals surface area contributed by atoms with Crippen molar-refractivity contribution < 1.29 is 14.6 Å². The average Bonchev–Trinajstić information content (AvgIpc) is 2.15. The van der Waals surface area contributed by atoms with Crippen molar-refractivity contribution in [1.82, 2.24) is 5.32 Å². The molecule has 1 amide bonds. The molecule has 1 rings (SSSR count). The van der Waals surface area contributed by atoms with Crippen LogP contribution in [0.15, 0.2) is 0 Å². The van der Waals surface area contributed by atoms with Crippen molar-refractivity contribution in [2.24, 2.45) is 5.92 Å². The molecule has 4 heteroatoms. The largest absolute Gasteiger partial charge is 0.465 e. The first-order valence-electron chi connectivity index (χ1n) is 4.72. The minimum atomic E-state index is -0.922. The third-order valence-electron chi connectivity index (χ3n) is 2.67. The molecule has 0 aromatic heterocycles. The molecule has 0 saturated heterocycles. The van der Waals surface area contributed by atoms with E-state index in [2.05, 4.69) is 5.32 Å². The highest BCUT2D eigenvalue weighted by molar-refractivity contribution is 5.64. The van der Waals surface area contributed by atoms with E-state index in [9.17, 15) is 4.79 Å². The highest BCUT2D eigenvalue weighted by atomic mass is 16.5. The molecular formula is C9H17NO3. The number of rotatable bonds is 3. The van der Waals surface area contributed by atoms with Crippen molar-refractivity contribution in [3.8, 4) is 0 Å². The van der Waals surface area contributed by atoms with E-state index in [1.807, 2.05) is 0 Å². The number of carbonyl (C=O) groups is 1. The SMILES string of the molecule is COC1CCC(CNC(=O)O)CC1. The average molecular weight is 187 g/mol. The van der Waals surface area contributed by atoms with Crippen molar-refractivity contribution in [2.75, 3.05) is 13.7 Å². The molecule has 4 nitrogen and oxygen atoms in total. The quantitative estimate of drug-likeness (QED) is 0.703. The Hall–Kier alpha value is -0.770. The lowest BCUT2D eigenvalue weighted by atomic mass is 9.87. The van der Waals surface area contributed by atoms with E-state index in [1.165, 1.54) is 0 Å². The van der Waals surface area contributed by atoms with Crippen LogP contribution in [0.5, 0.6) is 0 Å². The summed E-state index contributed by atoms with van der Waals surface area (Å²) in [6.45, 7) is 0.589. The standard InChI is InChI=1S/C9H17NO3/c1-13-8-4-2-7(3-5-8)6-10-9(11)12/h7-8,10H,2-6H2,1H3,(H,11,12). The first kappa shape index (κ1) is 10.3. The third-order valence-corrected chi connectivity index (χ3v) is 2.67. The van der Waals surface area contributed by atoms with Crippen LogP contribution < -0.4 is 5.32 Å². The molecule has 0 aromatic rings. The summed E-state index contributed by atoms with van der Waals surface area (Å²) < 4.78 is 5.23. The summed E-state index contributed by atoms with van der Waals surface area (Å²) in [6, 6.07) is 0. The molecule has 0 heterocycles. The number of nitrogens with one attached hydrogen (secondary N) is 1. The van der Waals surface area contributed by atoms with Gasteiger partial charge in [-0.25, -0.2) is 4.79 Å². The van der Waals surface area contributed by atoms with Gasteiger partial charge in [0, 0.05) is 13.7 Å². The summed E-state index contributed by atoms with van der Waals surface area (Å²) in [4.78, 5) is 10.2. The number of hydrogen-bond donors (Lipinski definition) is 2. The Kier molecular flexibility index (Phi) is 4.02. The maximum atomic E-state index is 10.2. The van der Waals surface area contributed by atoms with Crippen LogP contribution in [0.25, 0.3) is 0 Å². The van der Waals surface area contributed by atoms with Gasteiger partial charge in [0.15, 0.2) is 0 Å². The molecule has 1 aliphatic rings. The van der Waals surface area contributed by atoms with Gasteiger partial charge in [-0.2, -0.15) is 0 Å². The lowest BCUT2D eigenvalue weighted by Gasteiger charge is -2.27. The Balaban J connectivity index is 2.14. The zero-order valence-corrected chi connectivity index (χ0v) is 7.95. The van der Waals surface area contributed by atoms with Crippen LogP contribution in [0.1, 0.15) is 25.7 Å². The second-order valence-electron chi connectivity index (χ2n) is 3.56. The van der Waals surface area contributed by atoms with Gasteiger partial charge in [-0.05, 0) is 31.6 Å². The molecule has 1 fully saturated rings. The maximum absolute atomic E-state index is 10.2. The molecule has 0 bridgehead atoms. The third kappa shape index (κ3) is 3.63. The molecule has 1 aliphatic carbocycles. The van der Waals surface area contributed by atoms with Gasteiger partial charge < -0.3 is 15.2 Å². The number of methoxy groups -OCH3 is 1. The molecule has 0 unspecified atom stereocenters. The highest BCUT2D eigenvalue weighted by Crippen LogP contribution is 2.25. The molecular weight excluding hydrogens is 170 g/mol. The predicted octanol–water partition coefficient (Wildman–Crippen LogP) is 1.46. The summed E-state index contributed by atoms with van der Waals surface area (Å²) in [6.07, 6.45) is 3.72. The Morgan fingerprint density at radius 2 is 2.08 bits per heavy atom. The lowest BCUT2D eigenvalue weighted by Crippen LogP contribution is -2.31. The molecule has 13 heavy (non-hydrogen) atoms. The summed E-state index contributed by atoms with van der Waals surface area (Å²) in [5.41, 5.74) is 0. The number of ether oxygens (including phenoxy) is 1. The van der Waals surface area contributed by atoms with Gasteiger partial charge in [-0.1, -0.05) is 0 Å². The van der Waals surface area contributed by atoms with E-state index in [0.29, 0.717) is 18.6 Å². The second kappa shape index (κ2) is 5.07. The Morgan fingerprint density at radius 3 is 2.54 bits per heavy atom. The minimum Gasteiger partial charge on any atom is -0.465 e. The van der Waals surface area contributed by atoms with E-state index >= 15 is 0 Å². The lowest BCUT2D eigenvalue weighted by molar-refractivity contribution is 0.0568. The van der Waals surface area contributed by atoms with Crippen molar-refractivity contribution in [1.29, 1.82) is 0 Å². The van der Waals surface area contributed by atoms with Gasteiger partial charge in [0.1, 0.15) is 0 Å². The van der Waals surface area contributed by atoms with E-state index in [1.54, 1.807) is 7.11 Å². The van der Waals surface area contributed by atoms with Crippen molar-refractivity contribution in [2.45, 2.75) is 31.8 Å². The first-order valence-corrected chi connectivity index (χ1v) is 4.72. The van der Waals surface area contributed by atoms with Crippen LogP contribution in [0, 0.1) is 5.92 Å². The zero-order valence-electron chi connectivity index (χ0n) is 7.95. The van der Waals surface area contributed by atoms with Gasteiger partial charge in [0.25, 0.3) is 0 Å². The summed E-state index contributed by atoms with van der Waals surface area (Å²) in [7, 11) is 1.74. The number of carboxylic acid groups (broad SMARTS) is 1. The van der Waals surface area contributed by atoms with Gasteiger partial charge in [-0.3, -0.25) is 0 Å². The Labute approximate surface area is 78.3 Å². The van der Waals surface area contributed by atoms with Crippen LogP contribution >= 0.6 is 0 Å². The summed E-state index contributed by atoms with van der Waals surface area (Å²) >= 11 is 0. The van der Waals surface area contributed by atoms with E-state index < -0.39 is 6.09 Å². The molecule has 1 saturated carbocycles. The molecule has 2 N–H and O–H groups in total. The summed E-state index contributed by atoms with van der Waals surface area (Å²) in [5.74, 6) is 0.502. The van der Waals surface area contributed by atoms with Crippen molar-refractivity contribution >= 4 is 6.09 Å². The maximum Gasteiger partial charge on any atom is 0.404 e. The number of amides is 1.